The Labute approximate surface area is 185 Å². The molecule has 2 N–H and O–H groups in total. The van der Waals surface area contributed by atoms with Crippen LogP contribution in [0.25, 0.3) is 32.3 Å². The highest BCUT2D eigenvalue weighted by molar-refractivity contribution is 6.34. The van der Waals surface area contributed by atoms with Crippen molar-refractivity contribution in [3.05, 3.63) is 79.4 Å². The minimum absolute atomic E-state index is 0.466. The molecule has 3 nitrogen and oxygen atoms in total. The van der Waals surface area contributed by atoms with Crippen LogP contribution in [0.4, 0.5) is 0 Å². The smallest absolute Gasteiger partial charge is 0.511 e. The van der Waals surface area contributed by atoms with Crippen molar-refractivity contribution in [2.45, 2.75) is 45.4 Å². The van der Waals surface area contributed by atoms with Crippen LogP contribution in [0.15, 0.2) is 79.4 Å². The Kier molecular flexibility index (Phi) is 8.51. The van der Waals surface area contributed by atoms with Crippen molar-refractivity contribution in [1.82, 2.24) is 0 Å². The highest BCUT2D eigenvalue weighted by Gasteiger charge is 2.15. The number of fused-ring (bicyclic) bond motifs is 4. The normalized spacial score (nSPS) is 10.7. The Morgan fingerprint density at radius 3 is 2.10 bits per heavy atom. The van der Waals surface area contributed by atoms with Crippen molar-refractivity contribution < 1.29 is 14.7 Å². The third-order valence-corrected chi connectivity index (χ3v) is 5.43. The molecule has 4 heteroatoms. The molecular formula is C27H31BO3. The largest absolute Gasteiger partial charge is 0.707 e. The van der Waals surface area contributed by atoms with Gasteiger partial charge in [0.1, 0.15) is 5.75 Å². The first kappa shape index (κ1) is 22.9. The van der Waals surface area contributed by atoms with Crippen molar-refractivity contribution in [1.29, 1.82) is 0 Å². The van der Waals surface area contributed by atoms with Crippen LogP contribution in [0.1, 0.15) is 45.4 Å². The van der Waals surface area contributed by atoms with Crippen LogP contribution in [0.2, 0.25) is 0 Å². The van der Waals surface area contributed by atoms with Crippen LogP contribution >= 0.6 is 0 Å². The minimum Gasteiger partial charge on any atom is -0.511 e. The van der Waals surface area contributed by atoms with E-state index in [9.17, 15) is 0 Å². The minimum atomic E-state index is -1.83. The molecule has 0 spiro atoms. The lowest BCUT2D eigenvalue weighted by Gasteiger charge is -2.12. The quantitative estimate of drug-likeness (QED) is 0.107. The van der Waals surface area contributed by atoms with Gasteiger partial charge in [0, 0.05) is 5.39 Å². The first-order valence-electron chi connectivity index (χ1n) is 11.1. The fourth-order valence-corrected chi connectivity index (χ4v) is 3.87. The zero-order valence-corrected chi connectivity index (χ0v) is 18.3. The molecule has 0 aliphatic rings. The summed E-state index contributed by atoms with van der Waals surface area (Å²) >= 11 is 0. The maximum Gasteiger partial charge on any atom is 0.707 e. The van der Waals surface area contributed by atoms with E-state index in [-0.39, 0.29) is 0 Å². The molecule has 0 aromatic heterocycles. The second kappa shape index (κ2) is 11.5. The molecule has 0 fully saturated rings. The van der Waals surface area contributed by atoms with E-state index >= 15 is 0 Å². The number of hydrogen-bond donors (Lipinski definition) is 2. The second-order valence-electron chi connectivity index (χ2n) is 7.78. The third kappa shape index (κ3) is 6.10. The average Bonchev–Trinajstić information content (AvgIpc) is 2.78. The van der Waals surface area contributed by atoms with Gasteiger partial charge in [0.05, 0.1) is 0 Å². The molecule has 0 heterocycles. The molecule has 4 aromatic carbocycles. The molecule has 0 bridgehead atoms. The summed E-state index contributed by atoms with van der Waals surface area (Å²) in [7, 11) is -1.83. The average molecular weight is 414 g/mol. The summed E-state index contributed by atoms with van der Waals surface area (Å²) in [6.07, 6.45) is 10.1. The number of rotatable bonds is 8. The van der Waals surface area contributed by atoms with E-state index in [1.807, 2.05) is 48.5 Å². The van der Waals surface area contributed by atoms with Crippen LogP contribution < -0.4 is 4.65 Å². The van der Waals surface area contributed by atoms with E-state index in [1.165, 1.54) is 43.9 Å². The molecule has 0 atom stereocenters. The fraction of sp³-hybridized carbons (Fsp3) is 0.259. The molecule has 0 saturated carbocycles. The maximum absolute atomic E-state index is 9.14. The van der Waals surface area contributed by atoms with Crippen molar-refractivity contribution in [2.24, 2.45) is 0 Å². The molecule has 0 radical (unpaired) electrons. The van der Waals surface area contributed by atoms with Gasteiger partial charge in [-0.3, -0.25) is 0 Å². The molecule has 0 saturated heterocycles. The Morgan fingerprint density at radius 2 is 1.42 bits per heavy atom. The summed E-state index contributed by atoms with van der Waals surface area (Å²) in [6.45, 7) is 5.92. The monoisotopic (exact) mass is 414 g/mol. The lowest BCUT2D eigenvalue weighted by Crippen LogP contribution is -2.20. The highest BCUT2D eigenvalue weighted by Crippen LogP contribution is 2.35. The van der Waals surface area contributed by atoms with Crippen LogP contribution in [-0.4, -0.2) is 17.4 Å². The summed E-state index contributed by atoms with van der Waals surface area (Å²) in [5.41, 5.74) is 0. The van der Waals surface area contributed by atoms with Gasteiger partial charge in [0.15, 0.2) is 0 Å². The van der Waals surface area contributed by atoms with Crippen molar-refractivity contribution in [2.75, 3.05) is 0 Å². The molecule has 4 rings (SSSR count). The van der Waals surface area contributed by atoms with E-state index in [0.717, 1.165) is 26.9 Å². The number of hydrogen-bond acceptors (Lipinski definition) is 3. The van der Waals surface area contributed by atoms with Gasteiger partial charge in [-0.05, 0) is 58.0 Å². The topological polar surface area (TPSA) is 49.7 Å². The first-order chi connectivity index (χ1) is 15.1. The van der Waals surface area contributed by atoms with Crippen LogP contribution in [0.3, 0.4) is 0 Å². The molecule has 0 aliphatic heterocycles. The summed E-state index contributed by atoms with van der Waals surface area (Å²) in [5, 5.41) is 24.6. The zero-order valence-electron chi connectivity index (χ0n) is 18.3. The van der Waals surface area contributed by atoms with Gasteiger partial charge in [0.25, 0.3) is 0 Å². The second-order valence-corrected chi connectivity index (χ2v) is 7.78. The lowest BCUT2D eigenvalue weighted by atomic mass is 9.97. The first-order valence-corrected chi connectivity index (χ1v) is 11.1. The maximum atomic E-state index is 9.14. The van der Waals surface area contributed by atoms with Gasteiger partial charge >= 0.3 is 7.32 Å². The Balaban J connectivity index is 0.000000259. The molecule has 0 unspecified atom stereocenters. The summed E-state index contributed by atoms with van der Waals surface area (Å²) < 4.78 is 5.16. The van der Waals surface area contributed by atoms with E-state index in [1.54, 1.807) is 0 Å². The Bertz CT molecular complexity index is 1140. The van der Waals surface area contributed by atoms with Gasteiger partial charge in [0.2, 0.25) is 0 Å². The van der Waals surface area contributed by atoms with Gasteiger partial charge in [-0.25, -0.2) is 0 Å². The van der Waals surface area contributed by atoms with Crippen LogP contribution in [0.5, 0.6) is 5.75 Å². The van der Waals surface area contributed by atoms with Gasteiger partial charge in [-0.1, -0.05) is 87.2 Å². The molecular weight excluding hydrogens is 383 g/mol. The van der Waals surface area contributed by atoms with E-state index in [0.29, 0.717) is 5.75 Å². The van der Waals surface area contributed by atoms with Crippen LogP contribution in [0, 0.1) is 0 Å². The predicted octanol–water partition coefficient (Wildman–Crippen LogP) is 7.03. The molecule has 0 aliphatic carbocycles. The predicted molar refractivity (Wildman–Crippen MR) is 133 cm³/mol. The Morgan fingerprint density at radius 1 is 0.774 bits per heavy atom. The highest BCUT2D eigenvalue weighted by atomic mass is 16.6. The van der Waals surface area contributed by atoms with Crippen molar-refractivity contribution in [3.63, 3.8) is 0 Å². The molecule has 0 amide bonds. The molecule has 160 valence electrons. The molecule has 31 heavy (non-hydrogen) atoms. The van der Waals surface area contributed by atoms with E-state index in [2.05, 4.69) is 37.8 Å². The number of allylic oxidation sites excluding steroid dienone is 1. The van der Waals surface area contributed by atoms with Gasteiger partial charge < -0.3 is 14.7 Å². The lowest BCUT2D eigenvalue weighted by molar-refractivity contribution is 0.290. The molecule has 4 aromatic rings. The van der Waals surface area contributed by atoms with Crippen LogP contribution in [-0.2, 0) is 0 Å². The number of unbranched alkanes of at least 4 members (excludes halogenated alkanes) is 5. The van der Waals surface area contributed by atoms with Gasteiger partial charge in [-0.15, -0.1) is 6.58 Å². The third-order valence-electron chi connectivity index (χ3n) is 5.43. The van der Waals surface area contributed by atoms with E-state index in [4.69, 9.17) is 14.7 Å². The summed E-state index contributed by atoms with van der Waals surface area (Å²) in [5.74, 6) is 0.466. The van der Waals surface area contributed by atoms with Gasteiger partial charge in [-0.2, -0.15) is 0 Å². The fourth-order valence-electron chi connectivity index (χ4n) is 3.87. The van der Waals surface area contributed by atoms with E-state index < -0.39 is 7.32 Å². The standard InChI is InChI=1S/C18H13BO3.C9H18/c20-19(21)22-18-11-14-9-12-5-1-2-6-13(12)10-17(14)15-7-3-4-8-16(15)18;1-3-5-7-9-8-6-4-2/h1-11,20-21H;3H,1,4-9H2,2H3. The van der Waals surface area contributed by atoms with Crippen molar-refractivity contribution >= 4 is 39.6 Å². The zero-order chi connectivity index (χ0) is 22.1. The Hall–Kier alpha value is -2.82. The summed E-state index contributed by atoms with van der Waals surface area (Å²) in [4.78, 5) is 0. The SMILES string of the molecule is C=CCCCCCCC.OB(O)Oc1cc2cc3ccccc3cc2c2ccccc12. The number of benzene rings is 4. The van der Waals surface area contributed by atoms with Crippen molar-refractivity contribution in [3.8, 4) is 5.75 Å². The summed E-state index contributed by atoms with van der Waals surface area (Å²) in [6, 6.07) is 22.1.